The van der Waals surface area contributed by atoms with E-state index in [1.54, 1.807) is 24.3 Å². The summed E-state index contributed by atoms with van der Waals surface area (Å²) in [5.74, 6) is 1.07. The van der Waals surface area contributed by atoms with Gasteiger partial charge in [-0.1, -0.05) is 66.7 Å². The minimum absolute atomic E-state index is 0.149. The molecule has 2 aliphatic heterocycles. The largest absolute Gasteiger partial charge is 0.338 e. The maximum atomic E-state index is 13.3. The molecule has 2 heterocycles. The summed E-state index contributed by atoms with van der Waals surface area (Å²) in [5.41, 5.74) is 3.88. The van der Waals surface area contributed by atoms with Crippen molar-refractivity contribution in [2.24, 2.45) is 11.8 Å². The van der Waals surface area contributed by atoms with Crippen LogP contribution in [0.15, 0.2) is 83.8 Å². The number of carbonyl (C=O) groups excluding carboxylic acids is 1. The number of nitrogens with one attached hydrogen (secondary N) is 1. The number of fused-ring (bicyclic) bond motifs is 1. The van der Waals surface area contributed by atoms with Crippen molar-refractivity contribution in [2.45, 2.75) is 31.2 Å². The summed E-state index contributed by atoms with van der Waals surface area (Å²) < 4.78 is 29.1. The standard InChI is InChI=1S/C30H35N3O3S/c1-22-10-9-11-23(2)29(22)30(34)33-20-25-18-32(19-26(25)21-33)17-16-28(24-12-5-3-6-13-24)31-37(35,36)27-14-7-4-8-15-27/h3-15,25-26,28,31H,16-21H2,1-2H3. The molecule has 1 amide bonds. The molecule has 1 N–H and O–H groups in total. The average Bonchev–Trinajstić information content (AvgIpc) is 3.46. The highest BCUT2D eigenvalue weighted by molar-refractivity contribution is 7.89. The zero-order chi connectivity index (χ0) is 26.0. The molecular formula is C30H35N3O3S. The Morgan fingerprint density at radius 3 is 2.00 bits per heavy atom. The Bertz CT molecular complexity index is 1310. The zero-order valence-electron chi connectivity index (χ0n) is 21.5. The lowest BCUT2D eigenvalue weighted by Crippen LogP contribution is -2.35. The summed E-state index contributed by atoms with van der Waals surface area (Å²) in [6.45, 7) is 8.27. The molecule has 3 aromatic rings. The molecule has 194 valence electrons. The van der Waals surface area contributed by atoms with E-state index in [1.165, 1.54) is 0 Å². The van der Waals surface area contributed by atoms with E-state index in [4.69, 9.17) is 0 Å². The SMILES string of the molecule is Cc1cccc(C)c1C(=O)N1CC2CN(CCC(NS(=O)(=O)c3ccccc3)c3ccccc3)CC2C1. The third-order valence-corrected chi connectivity index (χ3v) is 9.32. The van der Waals surface area contributed by atoms with Gasteiger partial charge < -0.3 is 9.80 Å². The summed E-state index contributed by atoms with van der Waals surface area (Å²) in [6.07, 6.45) is 0.681. The molecule has 3 unspecified atom stereocenters. The fraction of sp³-hybridized carbons (Fsp3) is 0.367. The molecule has 0 aliphatic carbocycles. The van der Waals surface area contributed by atoms with Crippen molar-refractivity contribution < 1.29 is 13.2 Å². The van der Waals surface area contributed by atoms with Crippen LogP contribution in [-0.2, 0) is 10.0 Å². The van der Waals surface area contributed by atoms with E-state index < -0.39 is 10.0 Å². The monoisotopic (exact) mass is 517 g/mol. The molecule has 7 heteroatoms. The molecule has 6 nitrogen and oxygen atoms in total. The third kappa shape index (κ3) is 5.64. The number of amides is 1. The van der Waals surface area contributed by atoms with Gasteiger partial charge in [-0.25, -0.2) is 13.1 Å². The first-order valence-corrected chi connectivity index (χ1v) is 14.5. The Balaban J connectivity index is 1.21. The Morgan fingerprint density at radius 2 is 1.41 bits per heavy atom. The van der Waals surface area contributed by atoms with E-state index in [0.29, 0.717) is 18.3 Å². The molecule has 2 fully saturated rings. The lowest BCUT2D eigenvalue weighted by molar-refractivity contribution is 0.0772. The number of carbonyl (C=O) groups is 1. The fourth-order valence-electron chi connectivity index (χ4n) is 5.89. The summed E-state index contributed by atoms with van der Waals surface area (Å²) in [5, 5.41) is 0. The van der Waals surface area contributed by atoms with E-state index in [1.807, 2.05) is 73.3 Å². The van der Waals surface area contributed by atoms with Gasteiger partial charge in [0.05, 0.1) is 4.90 Å². The second kappa shape index (κ2) is 10.8. The zero-order valence-corrected chi connectivity index (χ0v) is 22.3. The second-order valence-electron chi connectivity index (χ2n) is 10.4. The highest BCUT2D eigenvalue weighted by Crippen LogP contribution is 2.33. The number of aryl methyl sites for hydroxylation is 2. The normalized spacial score (nSPS) is 20.6. The van der Waals surface area contributed by atoms with Crippen LogP contribution in [0.2, 0.25) is 0 Å². The summed E-state index contributed by atoms with van der Waals surface area (Å²) >= 11 is 0. The highest BCUT2D eigenvalue weighted by Gasteiger charge is 2.42. The maximum absolute atomic E-state index is 13.3. The van der Waals surface area contributed by atoms with Crippen molar-refractivity contribution in [3.05, 3.63) is 101 Å². The third-order valence-electron chi connectivity index (χ3n) is 7.83. The molecule has 3 aromatic carbocycles. The first-order chi connectivity index (χ1) is 17.8. The molecule has 0 radical (unpaired) electrons. The first-order valence-electron chi connectivity index (χ1n) is 13.0. The van der Waals surface area contributed by atoms with E-state index >= 15 is 0 Å². The fourth-order valence-corrected chi connectivity index (χ4v) is 7.17. The van der Waals surface area contributed by atoms with Gasteiger partial charge in [0.25, 0.3) is 5.91 Å². The molecule has 0 bridgehead atoms. The van der Waals surface area contributed by atoms with Crippen molar-refractivity contribution in [1.82, 2.24) is 14.5 Å². The first kappa shape index (κ1) is 25.6. The number of nitrogens with zero attached hydrogens (tertiary/aromatic N) is 2. The van der Waals surface area contributed by atoms with Gasteiger partial charge in [-0.3, -0.25) is 4.79 Å². The second-order valence-corrected chi connectivity index (χ2v) is 12.2. The maximum Gasteiger partial charge on any atom is 0.254 e. The van der Waals surface area contributed by atoms with Crippen molar-refractivity contribution in [3.8, 4) is 0 Å². The molecule has 2 aliphatic rings. The lowest BCUT2D eigenvalue weighted by Gasteiger charge is -2.25. The smallest absolute Gasteiger partial charge is 0.254 e. The van der Waals surface area contributed by atoms with E-state index in [2.05, 4.69) is 9.62 Å². The predicted octanol–water partition coefficient (Wildman–Crippen LogP) is 4.42. The molecule has 3 atom stereocenters. The summed E-state index contributed by atoms with van der Waals surface area (Å²) in [7, 11) is -3.63. The van der Waals surface area contributed by atoms with Crippen LogP contribution < -0.4 is 4.72 Å². The number of hydrogen-bond donors (Lipinski definition) is 1. The Morgan fingerprint density at radius 1 is 0.838 bits per heavy atom. The van der Waals surface area contributed by atoms with Crippen LogP contribution in [-0.4, -0.2) is 56.8 Å². The molecular weight excluding hydrogens is 482 g/mol. The predicted molar refractivity (Wildman–Crippen MR) is 146 cm³/mol. The minimum Gasteiger partial charge on any atom is -0.338 e. The van der Waals surface area contributed by atoms with Gasteiger partial charge in [-0.05, 0) is 60.9 Å². The van der Waals surface area contributed by atoms with Gasteiger partial charge in [0.15, 0.2) is 0 Å². The van der Waals surface area contributed by atoms with Gasteiger partial charge in [-0.15, -0.1) is 0 Å². The molecule has 37 heavy (non-hydrogen) atoms. The Kier molecular flexibility index (Phi) is 7.47. The molecule has 5 rings (SSSR count). The molecule has 0 spiro atoms. The average molecular weight is 518 g/mol. The van der Waals surface area contributed by atoms with Gasteiger partial charge in [0.1, 0.15) is 0 Å². The van der Waals surface area contributed by atoms with Crippen molar-refractivity contribution in [3.63, 3.8) is 0 Å². The van der Waals surface area contributed by atoms with Gasteiger partial charge in [0, 0.05) is 44.3 Å². The lowest BCUT2D eigenvalue weighted by atomic mass is 10.0. The van der Waals surface area contributed by atoms with Crippen LogP contribution in [0.25, 0.3) is 0 Å². The molecule has 2 saturated heterocycles. The van der Waals surface area contributed by atoms with Gasteiger partial charge in [-0.2, -0.15) is 0 Å². The quantitative estimate of drug-likeness (QED) is 0.480. The summed E-state index contributed by atoms with van der Waals surface area (Å²) in [6, 6.07) is 24.0. The van der Waals surface area contributed by atoms with Crippen LogP contribution in [0, 0.1) is 25.7 Å². The van der Waals surface area contributed by atoms with Crippen LogP contribution in [0.3, 0.4) is 0 Å². The van der Waals surface area contributed by atoms with Crippen molar-refractivity contribution >= 4 is 15.9 Å². The van der Waals surface area contributed by atoms with Crippen LogP contribution in [0.1, 0.15) is 39.5 Å². The van der Waals surface area contributed by atoms with E-state index in [0.717, 1.165) is 55.0 Å². The molecule has 0 aromatic heterocycles. The molecule has 0 saturated carbocycles. The Labute approximate surface area is 220 Å². The van der Waals surface area contributed by atoms with Crippen molar-refractivity contribution in [2.75, 3.05) is 32.7 Å². The number of hydrogen-bond acceptors (Lipinski definition) is 4. The van der Waals surface area contributed by atoms with Crippen LogP contribution in [0.4, 0.5) is 0 Å². The topological polar surface area (TPSA) is 69.7 Å². The van der Waals surface area contributed by atoms with E-state index in [9.17, 15) is 13.2 Å². The summed E-state index contributed by atoms with van der Waals surface area (Å²) in [4.78, 5) is 18.0. The van der Waals surface area contributed by atoms with Gasteiger partial charge >= 0.3 is 0 Å². The van der Waals surface area contributed by atoms with E-state index in [-0.39, 0.29) is 16.8 Å². The number of rotatable bonds is 8. The van der Waals surface area contributed by atoms with Crippen LogP contribution >= 0.6 is 0 Å². The van der Waals surface area contributed by atoms with Crippen LogP contribution in [0.5, 0.6) is 0 Å². The number of likely N-dealkylation sites (tertiary alicyclic amines) is 2. The van der Waals surface area contributed by atoms with Gasteiger partial charge in [0.2, 0.25) is 10.0 Å². The number of benzene rings is 3. The number of sulfonamides is 1. The highest BCUT2D eigenvalue weighted by atomic mass is 32.2. The Hall–Kier alpha value is -3.00. The minimum atomic E-state index is -3.63. The van der Waals surface area contributed by atoms with Crippen molar-refractivity contribution in [1.29, 1.82) is 0 Å².